The number of aliphatic hydroxyl groups excluding tert-OH is 1. The third-order valence-electron chi connectivity index (χ3n) is 2.62. The molecule has 4 nitrogen and oxygen atoms in total. The van der Waals surface area contributed by atoms with Crippen molar-refractivity contribution in [1.29, 1.82) is 0 Å². The standard InChI is InChI=1S/C12H10F3NO3S2/c1-6-12(2-7(5-17)20-6)21(18,19)16-11-4-9(14)8(13)3-10(11)15/h2-4,16-17H,5H2,1H3. The van der Waals surface area contributed by atoms with Gasteiger partial charge in [0.1, 0.15) is 10.7 Å². The summed E-state index contributed by atoms with van der Waals surface area (Å²) in [4.78, 5) is 0.647. The first-order valence-corrected chi connectivity index (χ1v) is 7.92. The van der Waals surface area contributed by atoms with Crippen LogP contribution in [0.2, 0.25) is 0 Å². The lowest BCUT2D eigenvalue weighted by Crippen LogP contribution is -2.14. The maximum Gasteiger partial charge on any atom is 0.263 e. The fourth-order valence-corrected chi connectivity index (χ4v) is 4.22. The summed E-state index contributed by atoms with van der Waals surface area (Å²) in [5.41, 5.74) is -0.690. The molecule has 0 fully saturated rings. The number of aliphatic hydroxyl groups is 1. The lowest BCUT2D eigenvalue weighted by molar-refractivity contribution is 0.285. The van der Waals surface area contributed by atoms with Gasteiger partial charge in [-0.25, -0.2) is 21.6 Å². The van der Waals surface area contributed by atoms with E-state index in [2.05, 4.69) is 0 Å². The molecule has 0 saturated carbocycles. The van der Waals surface area contributed by atoms with Crippen LogP contribution in [0.15, 0.2) is 23.1 Å². The maximum atomic E-state index is 13.5. The number of anilines is 1. The number of hydrogen-bond acceptors (Lipinski definition) is 4. The van der Waals surface area contributed by atoms with Crippen molar-refractivity contribution in [2.24, 2.45) is 0 Å². The fraction of sp³-hybridized carbons (Fsp3) is 0.167. The van der Waals surface area contributed by atoms with Crippen molar-refractivity contribution in [2.75, 3.05) is 4.72 Å². The van der Waals surface area contributed by atoms with E-state index >= 15 is 0 Å². The predicted molar refractivity (Wildman–Crippen MR) is 72.1 cm³/mol. The molecule has 0 radical (unpaired) electrons. The van der Waals surface area contributed by atoms with E-state index in [0.717, 1.165) is 11.3 Å². The van der Waals surface area contributed by atoms with Gasteiger partial charge < -0.3 is 5.11 Å². The van der Waals surface area contributed by atoms with E-state index in [0.29, 0.717) is 15.8 Å². The van der Waals surface area contributed by atoms with E-state index in [1.54, 1.807) is 0 Å². The minimum absolute atomic E-state index is 0.152. The zero-order chi connectivity index (χ0) is 15.8. The molecule has 9 heteroatoms. The van der Waals surface area contributed by atoms with Crippen molar-refractivity contribution in [3.05, 3.63) is 45.4 Å². The summed E-state index contributed by atoms with van der Waals surface area (Å²) in [7, 11) is -4.17. The Labute approximate surface area is 122 Å². The van der Waals surface area contributed by atoms with E-state index in [1.807, 2.05) is 4.72 Å². The van der Waals surface area contributed by atoms with Crippen molar-refractivity contribution in [1.82, 2.24) is 0 Å². The van der Waals surface area contributed by atoms with Gasteiger partial charge in [0.25, 0.3) is 10.0 Å². The minimum Gasteiger partial charge on any atom is -0.391 e. The summed E-state index contributed by atoms with van der Waals surface area (Å²) >= 11 is 1.06. The highest BCUT2D eigenvalue weighted by Crippen LogP contribution is 2.28. The first kappa shape index (κ1) is 15.8. The van der Waals surface area contributed by atoms with Crippen LogP contribution in [0.1, 0.15) is 9.75 Å². The molecular weight excluding hydrogens is 327 g/mol. The predicted octanol–water partition coefficient (Wildman–Crippen LogP) is 2.77. The van der Waals surface area contributed by atoms with Gasteiger partial charge in [0.05, 0.1) is 12.3 Å². The number of sulfonamides is 1. The quantitative estimate of drug-likeness (QED) is 0.843. The van der Waals surface area contributed by atoms with Gasteiger partial charge in [-0.15, -0.1) is 11.3 Å². The average Bonchev–Trinajstić information content (AvgIpc) is 2.78. The second kappa shape index (κ2) is 5.66. The minimum atomic E-state index is -4.17. The van der Waals surface area contributed by atoms with Gasteiger partial charge in [-0.05, 0) is 13.0 Å². The lowest BCUT2D eigenvalue weighted by Gasteiger charge is -2.09. The van der Waals surface area contributed by atoms with E-state index in [-0.39, 0.29) is 17.6 Å². The van der Waals surface area contributed by atoms with Crippen molar-refractivity contribution in [3.8, 4) is 0 Å². The Bertz CT molecular complexity index is 787. The monoisotopic (exact) mass is 337 g/mol. The summed E-state index contributed by atoms with van der Waals surface area (Å²) < 4.78 is 65.5. The van der Waals surface area contributed by atoms with E-state index in [9.17, 15) is 21.6 Å². The van der Waals surface area contributed by atoms with E-state index in [4.69, 9.17) is 5.11 Å². The van der Waals surface area contributed by atoms with Crippen LogP contribution < -0.4 is 4.72 Å². The molecule has 1 aromatic carbocycles. The molecule has 114 valence electrons. The van der Waals surface area contributed by atoms with Gasteiger partial charge in [-0.1, -0.05) is 0 Å². The average molecular weight is 337 g/mol. The van der Waals surface area contributed by atoms with E-state index in [1.165, 1.54) is 13.0 Å². The molecule has 0 bridgehead atoms. The van der Waals surface area contributed by atoms with Gasteiger partial charge in [0.2, 0.25) is 0 Å². The number of nitrogens with one attached hydrogen (secondary N) is 1. The Morgan fingerprint density at radius 2 is 1.76 bits per heavy atom. The SMILES string of the molecule is Cc1sc(CO)cc1S(=O)(=O)Nc1cc(F)c(F)cc1F. The molecule has 1 heterocycles. The molecule has 0 aliphatic carbocycles. The highest BCUT2D eigenvalue weighted by atomic mass is 32.2. The van der Waals surface area contributed by atoms with E-state index < -0.39 is 33.2 Å². The lowest BCUT2D eigenvalue weighted by atomic mass is 10.3. The Kier molecular flexibility index (Phi) is 4.26. The van der Waals surface area contributed by atoms with Gasteiger partial charge >= 0.3 is 0 Å². The third-order valence-corrected chi connectivity index (χ3v) is 5.28. The van der Waals surface area contributed by atoms with Crippen LogP contribution in [0, 0.1) is 24.4 Å². The number of hydrogen-bond donors (Lipinski definition) is 2. The molecule has 0 amide bonds. The van der Waals surface area contributed by atoms with Gasteiger partial charge in [-0.3, -0.25) is 4.72 Å². The van der Waals surface area contributed by atoms with Crippen LogP contribution in [-0.4, -0.2) is 13.5 Å². The maximum absolute atomic E-state index is 13.5. The molecule has 0 spiro atoms. The van der Waals surface area contributed by atoms with Crippen LogP contribution in [0.25, 0.3) is 0 Å². The second-order valence-corrected chi connectivity index (χ2v) is 7.13. The number of rotatable bonds is 4. The molecular formula is C12H10F3NO3S2. The molecule has 0 unspecified atom stereocenters. The van der Waals surface area contributed by atoms with Crippen LogP contribution in [0.5, 0.6) is 0 Å². The van der Waals surface area contributed by atoms with Gasteiger partial charge in [0.15, 0.2) is 11.6 Å². The normalized spacial score (nSPS) is 11.7. The van der Waals surface area contributed by atoms with Gasteiger partial charge in [-0.2, -0.15) is 0 Å². The molecule has 0 aliphatic rings. The Hall–Kier alpha value is -1.58. The van der Waals surface area contributed by atoms with Crippen LogP contribution in [0.4, 0.5) is 18.9 Å². The summed E-state index contributed by atoms with van der Waals surface area (Å²) in [6, 6.07) is 1.92. The van der Waals surface area contributed by atoms with Crippen molar-refractivity contribution < 1.29 is 26.7 Å². The Morgan fingerprint density at radius 3 is 2.33 bits per heavy atom. The number of thiophene rings is 1. The highest BCUT2D eigenvalue weighted by Gasteiger charge is 2.22. The number of aryl methyl sites for hydroxylation is 1. The molecule has 21 heavy (non-hydrogen) atoms. The van der Waals surface area contributed by atoms with Crippen molar-refractivity contribution in [2.45, 2.75) is 18.4 Å². The molecule has 1 aromatic heterocycles. The van der Waals surface area contributed by atoms with Crippen molar-refractivity contribution >= 4 is 27.0 Å². The number of halogens is 3. The zero-order valence-corrected chi connectivity index (χ0v) is 12.3. The molecule has 2 rings (SSSR count). The summed E-state index contributed by atoms with van der Waals surface area (Å²) in [5, 5.41) is 8.99. The molecule has 0 saturated heterocycles. The molecule has 2 aromatic rings. The first-order valence-electron chi connectivity index (χ1n) is 5.62. The summed E-state index contributed by atoms with van der Waals surface area (Å²) in [6.07, 6.45) is 0. The third kappa shape index (κ3) is 3.20. The van der Waals surface area contributed by atoms with Crippen LogP contribution in [0.3, 0.4) is 0 Å². The first-order chi connectivity index (χ1) is 9.74. The molecule has 0 atom stereocenters. The highest BCUT2D eigenvalue weighted by molar-refractivity contribution is 7.93. The van der Waals surface area contributed by atoms with Crippen LogP contribution in [-0.2, 0) is 16.6 Å². The summed E-state index contributed by atoms with van der Waals surface area (Å²) in [6.45, 7) is 1.18. The zero-order valence-electron chi connectivity index (χ0n) is 10.7. The second-order valence-electron chi connectivity index (χ2n) is 4.14. The molecule has 2 N–H and O–H groups in total. The smallest absolute Gasteiger partial charge is 0.263 e. The Morgan fingerprint density at radius 1 is 1.14 bits per heavy atom. The molecule has 0 aliphatic heterocycles. The topological polar surface area (TPSA) is 66.4 Å². The Balaban J connectivity index is 2.42. The summed E-state index contributed by atoms with van der Waals surface area (Å²) in [5.74, 6) is -4.01. The largest absolute Gasteiger partial charge is 0.391 e. The fourth-order valence-electron chi connectivity index (χ4n) is 1.67. The number of benzene rings is 1. The van der Waals surface area contributed by atoms with Gasteiger partial charge in [0, 0.05) is 21.9 Å². The van der Waals surface area contributed by atoms with Crippen molar-refractivity contribution in [3.63, 3.8) is 0 Å². The van der Waals surface area contributed by atoms with Crippen LogP contribution >= 0.6 is 11.3 Å².